The van der Waals surface area contributed by atoms with Gasteiger partial charge in [-0.25, -0.2) is 4.39 Å². The minimum absolute atomic E-state index is 0.0783. The van der Waals surface area contributed by atoms with Crippen LogP contribution in [0.1, 0.15) is 0 Å². The van der Waals surface area contributed by atoms with Crippen molar-refractivity contribution >= 4 is 17.4 Å². The quantitative estimate of drug-likeness (QED) is 0.588. The summed E-state index contributed by atoms with van der Waals surface area (Å²) >= 11 is 1.65. The fraction of sp³-hybridized carbons (Fsp3) is 0.0667. The molecule has 3 aromatic rings. The highest BCUT2D eigenvalue weighted by Gasteiger charge is 2.16. The standard InChI is InChI=1S/C15H12FN3OS/c1-21-10-7-5-9(6-8-10)14-18-15(20-19-14)13-11(16)3-2-4-12(13)17/h2-8H,17H2,1H3. The van der Waals surface area contributed by atoms with E-state index in [1.807, 2.05) is 30.5 Å². The van der Waals surface area contributed by atoms with E-state index in [0.29, 0.717) is 5.82 Å². The van der Waals surface area contributed by atoms with E-state index < -0.39 is 5.82 Å². The van der Waals surface area contributed by atoms with Crippen molar-refractivity contribution in [3.05, 3.63) is 48.3 Å². The van der Waals surface area contributed by atoms with Crippen molar-refractivity contribution in [3.8, 4) is 22.8 Å². The monoisotopic (exact) mass is 301 g/mol. The Hall–Kier alpha value is -2.34. The van der Waals surface area contributed by atoms with E-state index >= 15 is 0 Å². The molecule has 0 bridgehead atoms. The maximum absolute atomic E-state index is 13.8. The van der Waals surface area contributed by atoms with Gasteiger partial charge in [0.25, 0.3) is 5.89 Å². The van der Waals surface area contributed by atoms with Crippen LogP contribution in [0.3, 0.4) is 0 Å². The van der Waals surface area contributed by atoms with E-state index in [1.54, 1.807) is 17.8 Å². The molecule has 2 aromatic carbocycles. The van der Waals surface area contributed by atoms with E-state index in [1.165, 1.54) is 12.1 Å². The zero-order chi connectivity index (χ0) is 14.8. The predicted molar refractivity (Wildman–Crippen MR) is 81.3 cm³/mol. The number of nitrogen functional groups attached to an aromatic ring is 1. The van der Waals surface area contributed by atoms with Gasteiger partial charge in [0, 0.05) is 16.1 Å². The second kappa shape index (κ2) is 5.57. The molecule has 6 heteroatoms. The molecule has 0 aliphatic rings. The zero-order valence-corrected chi connectivity index (χ0v) is 12.0. The first-order chi connectivity index (χ1) is 10.2. The van der Waals surface area contributed by atoms with Gasteiger partial charge in [-0.2, -0.15) is 4.98 Å². The van der Waals surface area contributed by atoms with Gasteiger partial charge in [-0.15, -0.1) is 11.8 Å². The molecule has 0 amide bonds. The Bertz CT molecular complexity index is 751. The number of hydrogen-bond acceptors (Lipinski definition) is 5. The van der Waals surface area contributed by atoms with E-state index in [4.69, 9.17) is 10.3 Å². The summed E-state index contributed by atoms with van der Waals surface area (Å²) in [6.45, 7) is 0. The van der Waals surface area contributed by atoms with Crippen molar-refractivity contribution in [1.82, 2.24) is 10.1 Å². The van der Waals surface area contributed by atoms with Crippen LogP contribution in [-0.2, 0) is 0 Å². The summed E-state index contributed by atoms with van der Waals surface area (Å²) in [5, 5.41) is 3.89. The fourth-order valence-corrected chi connectivity index (χ4v) is 2.36. The minimum Gasteiger partial charge on any atom is -0.398 e. The number of thioether (sulfide) groups is 1. The van der Waals surface area contributed by atoms with E-state index in [0.717, 1.165) is 10.5 Å². The van der Waals surface area contributed by atoms with Gasteiger partial charge >= 0.3 is 0 Å². The molecule has 0 atom stereocenters. The van der Waals surface area contributed by atoms with Gasteiger partial charge in [-0.3, -0.25) is 0 Å². The molecule has 1 aromatic heterocycles. The molecular formula is C15H12FN3OS. The molecule has 0 aliphatic heterocycles. The highest BCUT2D eigenvalue weighted by atomic mass is 32.2. The number of hydrogen-bond donors (Lipinski definition) is 1. The molecule has 0 fully saturated rings. The van der Waals surface area contributed by atoms with Gasteiger partial charge in [0.1, 0.15) is 5.82 Å². The third-order valence-corrected chi connectivity index (χ3v) is 3.78. The Morgan fingerprint density at radius 1 is 1.14 bits per heavy atom. The fourth-order valence-electron chi connectivity index (χ4n) is 1.95. The molecule has 1 heterocycles. The van der Waals surface area contributed by atoms with Crippen LogP contribution < -0.4 is 5.73 Å². The highest BCUT2D eigenvalue weighted by molar-refractivity contribution is 7.98. The molecule has 4 nitrogen and oxygen atoms in total. The molecule has 0 saturated carbocycles. The summed E-state index contributed by atoms with van der Waals surface area (Å²) in [6.07, 6.45) is 2.00. The Labute approximate surface area is 125 Å². The molecule has 0 saturated heterocycles. The summed E-state index contributed by atoms with van der Waals surface area (Å²) in [4.78, 5) is 5.36. The smallest absolute Gasteiger partial charge is 0.263 e. The van der Waals surface area contributed by atoms with E-state index in [2.05, 4.69) is 10.1 Å². The number of nitrogens with two attached hydrogens (primary N) is 1. The van der Waals surface area contributed by atoms with Gasteiger partial charge < -0.3 is 10.3 Å². The first kappa shape index (κ1) is 13.6. The number of anilines is 1. The Balaban J connectivity index is 1.99. The van der Waals surface area contributed by atoms with Crippen LogP contribution in [0.5, 0.6) is 0 Å². The Kier molecular flexibility index (Phi) is 3.62. The Morgan fingerprint density at radius 3 is 2.57 bits per heavy atom. The maximum Gasteiger partial charge on any atom is 0.263 e. The van der Waals surface area contributed by atoms with Crippen LogP contribution in [0.2, 0.25) is 0 Å². The third kappa shape index (κ3) is 2.62. The van der Waals surface area contributed by atoms with Crippen molar-refractivity contribution in [2.75, 3.05) is 12.0 Å². The molecule has 0 aliphatic carbocycles. The lowest BCUT2D eigenvalue weighted by Gasteiger charge is -2.00. The molecule has 106 valence electrons. The number of aromatic nitrogens is 2. The number of halogens is 1. The summed E-state index contributed by atoms with van der Waals surface area (Å²) in [7, 11) is 0. The number of rotatable bonds is 3. The van der Waals surface area contributed by atoms with E-state index in [9.17, 15) is 4.39 Å². The van der Waals surface area contributed by atoms with Gasteiger partial charge in [0.05, 0.1) is 5.56 Å². The second-order valence-electron chi connectivity index (χ2n) is 4.36. The summed E-state index contributed by atoms with van der Waals surface area (Å²) in [5.41, 5.74) is 6.97. The van der Waals surface area contributed by atoms with Gasteiger partial charge in [0.2, 0.25) is 5.82 Å². The number of nitrogens with zero attached hydrogens (tertiary/aromatic N) is 2. The van der Waals surface area contributed by atoms with Crippen LogP contribution in [-0.4, -0.2) is 16.4 Å². The molecule has 0 unspecified atom stereocenters. The maximum atomic E-state index is 13.8. The molecule has 0 radical (unpaired) electrons. The molecule has 0 spiro atoms. The van der Waals surface area contributed by atoms with Crippen molar-refractivity contribution in [2.24, 2.45) is 0 Å². The van der Waals surface area contributed by atoms with Crippen LogP contribution >= 0.6 is 11.8 Å². The lowest BCUT2D eigenvalue weighted by Crippen LogP contribution is -1.93. The van der Waals surface area contributed by atoms with E-state index in [-0.39, 0.29) is 17.1 Å². The third-order valence-electron chi connectivity index (χ3n) is 3.03. The van der Waals surface area contributed by atoms with Gasteiger partial charge in [-0.05, 0) is 42.7 Å². The van der Waals surface area contributed by atoms with Crippen molar-refractivity contribution in [1.29, 1.82) is 0 Å². The van der Waals surface area contributed by atoms with Crippen LogP contribution in [0.4, 0.5) is 10.1 Å². The van der Waals surface area contributed by atoms with Crippen LogP contribution in [0.15, 0.2) is 51.9 Å². The highest BCUT2D eigenvalue weighted by Crippen LogP contribution is 2.29. The molecule has 2 N–H and O–H groups in total. The van der Waals surface area contributed by atoms with Crippen molar-refractivity contribution < 1.29 is 8.91 Å². The molecule has 3 rings (SSSR count). The first-order valence-corrected chi connectivity index (χ1v) is 7.44. The average molecular weight is 301 g/mol. The summed E-state index contributed by atoms with van der Waals surface area (Å²) in [6, 6.07) is 12.2. The topological polar surface area (TPSA) is 64.9 Å². The lowest BCUT2D eigenvalue weighted by atomic mass is 10.1. The minimum atomic E-state index is -0.483. The zero-order valence-electron chi connectivity index (χ0n) is 11.2. The molecule has 21 heavy (non-hydrogen) atoms. The van der Waals surface area contributed by atoms with Crippen LogP contribution in [0, 0.1) is 5.82 Å². The number of benzene rings is 2. The summed E-state index contributed by atoms with van der Waals surface area (Å²) in [5.74, 6) is -0.00206. The van der Waals surface area contributed by atoms with Crippen LogP contribution in [0.25, 0.3) is 22.8 Å². The molecular weight excluding hydrogens is 289 g/mol. The average Bonchev–Trinajstić information content (AvgIpc) is 2.97. The lowest BCUT2D eigenvalue weighted by molar-refractivity contribution is 0.430. The largest absolute Gasteiger partial charge is 0.398 e. The van der Waals surface area contributed by atoms with Gasteiger partial charge in [0.15, 0.2) is 0 Å². The van der Waals surface area contributed by atoms with Crippen molar-refractivity contribution in [3.63, 3.8) is 0 Å². The normalized spacial score (nSPS) is 10.8. The van der Waals surface area contributed by atoms with Crippen molar-refractivity contribution in [2.45, 2.75) is 4.90 Å². The predicted octanol–water partition coefficient (Wildman–Crippen LogP) is 3.85. The Morgan fingerprint density at radius 2 is 1.90 bits per heavy atom. The SMILES string of the molecule is CSc1ccc(-c2noc(-c3c(N)cccc3F)n2)cc1. The van der Waals surface area contributed by atoms with Gasteiger partial charge in [-0.1, -0.05) is 11.2 Å². The first-order valence-electron chi connectivity index (χ1n) is 6.21. The second-order valence-corrected chi connectivity index (χ2v) is 5.24. The summed E-state index contributed by atoms with van der Waals surface area (Å²) < 4.78 is 19.0.